The molecule has 1 aromatic carbocycles. The van der Waals surface area contributed by atoms with Gasteiger partial charge in [-0.25, -0.2) is 21.6 Å². The number of nitrogens with one attached hydrogen (secondary N) is 1. The molecule has 0 aliphatic carbocycles. The van der Waals surface area contributed by atoms with Crippen LogP contribution in [0.1, 0.15) is 5.56 Å². The smallest absolute Gasteiger partial charge is 0.241 e. The Labute approximate surface area is 127 Å². The van der Waals surface area contributed by atoms with Crippen LogP contribution in [-0.4, -0.2) is 34.1 Å². The average molecular weight is 349 g/mol. The molecule has 0 spiro atoms. The summed E-state index contributed by atoms with van der Waals surface area (Å²) in [5.74, 6) is -0.476. The Hall–Kier alpha value is -1.22. The molecule has 0 bridgehead atoms. The van der Waals surface area contributed by atoms with Crippen LogP contribution in [0.4, 0.5) is 0 Å². The van der Waals surface area contributed by atoms with Gasteiger partial charge in [0.05, 0.1) is 16.2 Å². The highest BCUT2D eigenvalue weighted by molar-refractivity contribution is 8.13. The van der Waals surface area contributed by atoms with E-state index in [0.29, 0.717) is 10.9 Å². The van der Waals surface area contributed by atoms with Crippen LogP contribution < -0.4 is 4.72 Å². The van der Waals surface area contributed by atoms with Crippen molar-refractivity contribution in [3.63, 3.8) is 0 Å². The molecule has 0 radical (unpaired) electrons. The minimum Gasteiger partial charge on any atom is -0.256 e. The molecule has 0 saturated carbocycles. The van der Waals surface area contributed by atoms with E-state index < -0.39 is 24.8 Å². The summed E-state index contributed by atoms with van der Waals surface area (Å²) in [7, 11) is -2.53. The second-order valence-electron chi connectivity index (χ2n) is 4.42. The van der Waals surface area contributed by atoms with E-state index >= 15 is 0 Å². The third-order valence-electron chi connectivity index (χ3n) is 2.86. The predicted molar refractivity (Wildman–Crippen MR) is 81.3 cm³/mol. The zero-order valence-electron chi connectivity index (χ0n) is 11.1. The van der Waals surface area contributed by atoms with E-state index in [1.165, 1.54) is 6.07 Å². The third kappa shape index (κ3) is 3.91. The second kappa shape index (κ2) is 5.88. The van der Waals surface area contributed by atoms with Gasteiger partial charge in [-0.05, 0) is 30.7 Å². The maximum Gasteiger partial charge on any atom is 0.241 e. The molecule has 2 aromatic rings. The highest BCUT2D eigenvalue weighted by Crippen LogP contribution is 2.23. The molecule has 0 atom stereocenters. The van der Waals surface area contributed by atoms with Gasteiger partial charge in [0.2, 0.25) is 19.1 Å². The number of benzene rings is 1. The summed E-state index contributed by atoms with van der Waals surface area (Å²) in [5.41, 5.74) is 1.44. The molecule has 21 heavy (non-hydrogen) atoms. The van der Waals surface area contributed by atoms with E-state index in [1.54, 1.807) is 24.4 Å². The minimum atomic E-state index is -3.84. The lowest BCUT2D eigenvalue weighted by Crippen LogP contribution is -2.28. The fraction of sp³-hybridized carbons (Fsp3) is 0.250. The molecule has 6 nitrogen and oxygen atoms in total. The molecule has 0 saturated heterocycles. The monoisotopic (exact) mass is 348 g/mol. The summed E-state index contributed by atoms with van der Waals surface area (Å²) in [5, 5.41) is 0.485. The van der Waals surface area contributed by atoms with Crippen molar-refractivity contribution < 1.29 is 16.8 Å². The van der Waals surface area contributed by atoms with E-state index in [-0.39, 0.29) is 11.4 Å². The Balaban J connectivity index is 2.39. The fourth-order valence-electron chi connectivity index (χ4n) is 1.90. The van der Waals surface area contributed by atoms with Gasteiger partial charge in [0.15, 0.2) is 0 Å². The number of nitrogens with zero attached hydrogens (tertiary/aromatic N) is 1. The van der Waals surface area contributed by atoms with Crippen molar-refractivity contribution in [1.82, 2.24) is 9.71 Å². The van der Waals surface area contributed by atoms with Crippen LogP contribution in [0.3, 0.4) is 0 Å². The summed E-state index contributed by atoms with van der Waals surface area (Å²) in [6.45, 7) is 1.54. The van der Waals surface area contributed by atoms with Crippen molar-refractivity contribution in [2.45, 2.75) is 11.8 Å². The number of hydrogen-bond donors (Lipinski definition) is 1. The topological polar surface area (TPSA) is 93.2 Å². The van der Waals surface area contributed by atoms with Gasteiger partial charge >= 0.3 is 0 Å². The number of rotatable bonds is 5. The van der Waals surface area contributed by atoms with Crippen molar-refractivity contribution in [2.24, 2.45) is 0 Å². The first kappa shape index (κ1) is 16.2. The molecule has 0 fully saturated rings. The van der Waals surface area contributed by atoms with Crippen molar-refractivity contribution in [1.29, 1.82) is 0 Å². The maximum absolute atomic E-state index is 12.3. The van der Waals surface area contributed by atoms with Gasteiger partial charge in [-0.2, -0.15) is 0 Å². The van der Waals surface area contributed by atoms with Crippen LogP contribution in [0.5, 0.6) is 0 Å². The lowest BCUT2D eigenvalue weighted by molar-refractivity contribution is 0.583. The maximum atomic E-state index is 12.3. The van der Waals surface area contributed by atoms with E-state index in [0.717, 1.165) is 5.56 Å². The zero-order valence-corrected chi connectivity index (χ0v) is 13.5. The number of aryl methyl sites for hydroxylation is 1. The lowest BCUT2D eigenvalue weighted by atomic mass is 10.1. The number of sulfonamides is 1. The Kier molecular flexibility index (Phi) is 4.52. The van der Waals surface area contributed by atoms with Crippen LogP contribution in [0.15, 0.2) is 35.4 Å². The van der Waals surface area contributed by atoms with Crippen LogP contribution in [-0.2, 0) is 19.1 Å². The molecule has 114 valence electrons. The summed E-state index contributed by atoms with van der Waals surface area (Å²) in [4.78, 5) is 4.22. The average Bonchev–Trinajstić information content (AvgIpc) is 2.37. The van der Waals surface area contributed by atoms with E-state index in [2.05, 4.69) is 9.71 Å². The molecule has 0 aliphatic rings. The summed E-state index contributed by atoms with van der Waals surface area (Å²) < 4.78 is 48.4. The van der Waals surface area contributed by atoms with Gasteiger partial charge in [0.25, 0.3) is 0 Å². The van der Waals surface area contributed by atoms with E-state index in [4.69, 9.17) is 10.7 Å². The van der Waals surface area contributed by atoms with E-state index in [9.17, 15) is 16.8 Å². The van der Waals surface area contributed by atoms with Gasteiger partial charge < -0.3 is 0 Å². The van der Waals surface area contributed by atoms with Crippen molar-refractivity contribution >= 4 is 40.7 Å². The highest BCUT2D eigenvalue weighted by Gasteiger charge is 2.19. The second-order valence-corrected chi connectivity index (χ2v) is 9.05. The summed E-state index contributed by atoms with van der Waals surface area (Å²) in [6, 6.07) is 6.42. The number of pyridine rings is 1. The molecule has 2 rings (SSSR count). The van der Waals surface area contributed by atoms with Gasteiger partial charge in [0, 0.05) is 28.8 Å². The normalized spacial score (nSPS) is 12.7. The standard InChI is InChI=1S/C12H13ClN2O4S2/c1-9-4-5-11(10-3-2-6-14-12(9)10)21(18,19)15-7-8-20(13,16)17/h2-6,15H,7-8H2,1H3. The van der Waals surface area contributed by atoms with Gasteiger partial charge in [-0.1, -0.05) is 6.07 Å². The van der Waals surface area contributed by atoms with Crippen LogP contribution in [0.2, 0.25) is 0 Å². The Bertz CT molecular complexity index is 879. The molecule has 1 N–H and O–H groups in total. The van der Waals surface area contributed by atoms with Gasteiger partial charge in [-0.15, -0.1) is 0 Å². The first-order valence-corrected chi connectivity index (χ1v) is 9.93. The third-order valence-corrected chi connectivity index (χ3v) is 5.53. The molecule has 1 aromatic heterocycles. The van der Waals surface area contributed by atoms with Crippen LogP contribution in [0.25, 0.3) is 10.9 Å². The first-order valence-electron chi connectivity index (χ1n) is 5.97. The summed E-state index contributed by atoms with van der Waals surface area (Å²) in [6.07, 6.45) is 1.58. The van der Waals surface area contributed by atoms with Crippen molar-refractivity contribution in [3.8, 4) is 0 Å². The molecular weight excluding hydrogens is 336 g/mol. The first-order chi connectivity index (χ1) is 9.71. The zero-order chi connectivity index (χ0) is 15.7. The number of aromatic nitrogens is 1. The molecule has 0 unspecified atom stereocenters. The SMILES string of the molecule is Cc1ccc(S(=O)(=O)NCCS(=O)(=O)Cl)c2cccnc12. The molecular formula is C12H13ClN2O4S2. The molecule has 0 aliphatic heterocycles. The van der Waals surface area contributed by atoms with Crippen LogP contribution in [0, 0.1) is 6.92 Å². The lowest BCUT2D eigenvalue weighted by Gasteiger charge is -2.10. The Morgan fingerprint density at radius 3 is 2.57 bits per heavy atom. The van der Waals surface area contributed by atoms with Crippen molar-refractivity contribution in [3.05, 3.63) is 36.0 Å². The van der Waals surface area contributed by atoms with Gasteiger partial charge in [-0.3, -0.25) is 4.98 Å². The number of halogens is 1. The minimum absolute atomic E-state index is 0.0585. The number of hydrogen-bond acceptors (Lipinski definition) is 5. The Morgan fingerprint density at radius 1 is 1.19 bits per heavy atom. The largest absolute Gasteiger partial charge is 0.256 e. The highest BCUT2D eigenvalue weighted by atomic mass is 35.7. The number of fused-ring (bicyclic) bond motifs is 1. The summed E-state index contributed by atoms with van der Waals surface area (Å²) >= 11 is 0. The van der Waals surface area contributed by atoms with E-state index in [1.807, 2.05) is 6.92 Å². The predicted octanol–water partition coefficient (Wildman–Crippen LogP) is 1.39. The molecule has 9 heteroatoms. The quantitative estimate of drug-likeness (QED) is 0.824. The fourth-order valence-corrected chi connectivity index (χ4v) is 3.83. The van der Waals surface area contributed by atoms with Crippen molar-refractivity contribution in [2.75, 3.05) is 12.3 Å². The molecule has 0 amide bonds. The Morgan fingerprint density at radius 2 is 1.90 bits per heavy atom. The molecule has 1 heterocycles. The van der Waals surface area contributed by atoms with Gasteiger partial charge in [0.1, 0.15) is 0 Å². The van der Waals surface area contributed by atoms with Crippen LogP contribution >= 0.6 is 10.7 Å².